The molecule has 1 aliphatic carbocycles. The number of alkyl halides is 1. The van der Waals surface area contributed by atoms with Crippen molar-refractivity contribution in [1.82, 2.24) is 5.32 Å². The minimum absolute atomic E-state index is 0.355. The summed E-state index contributed by atoms with van der Waals surface area (Å²) in [7, 11) is 0. The zero-order chi connectivity index (χ0) is 12.1. The molecule has 1 N–H and O–H groups in total. The van der Waals surface area contributed by atoms with Gasteiger partial charge >= 0.3 is 0 Å². The third-order valence-electron chi connectivity index (χ3n) is 3.67. The topological polar surface area (TPSA) is 12.0 Å². The van der Waals surface area contributed by atoms with Gasteiger partial charge in [0.2, 0.25) is 0 Å². The van der Waals surface area contributed by atoms with E-state index >= 15 is 0 Å². The molecule has 1 fully saturated rings. The molecule has 1 aromatic carbocycles. The SMILES string of the molecule is ClCC1(CNCc2cccc(Br)c2)CCCC1. The van der Waals surface area contributed by atoms with Gasteiger partial charge in [0, 0.05) is 23.4 Å². The first-order valence-corrected chi connectivity index (χ1v) is 7.58. The standard InChI is InChI=1S/C14H19BrClN/c15-13-5-3-4-12(8-13)9-17-11-14(10-16)6-1-2-7-14/h3-5,8,17H,1-2,6-7,9-11H2. The lowest BCUT2D eigenvalue weighted by molar-refractivity contribution is 0.320. The lowest BCUT2D eigenvalue weighted by atomic mass is 9.88. The number of halogens is 2. The molecule has 0 aliphatic heterocycles. The Kier molecular flexibility index (Phi) is 4.89. The van der Waals surface area contributed by atoms with Crippen molar-refractivity contribution in [1.29, 1.82) is 0 Å². The van der Waals surface area contributed by atoms with E-state index in [4.69, 9.17) is 11.6 Å². The van der Waals surface area contributed by atoms with Gasteiger partial charge in [0.1, 0.15) is 0 Å². The summed E-state index contributed by atoms with van der Waals surface area (Å²) in [5, 5.41) is 3.56. The average Bonchev–Trinajstić information content (AvgIpc) is 2.79. The van der Waals surface area contributed by atoms with Crippen molar-refractivity contribution < 1.29 is 0 Å². The van der Waals surface area contributed by atoms with Crippen LogP contribution in [0.3, 0.4) is 0 Å². The van der Waals surface area contributed by atoms with E-state index in [0.717, 1.165) is 23.4 Å². The van der Waals surface area contributed by atoms with Gasteiger partial charge in [-0.15, -0.1) is 11.6 Å². The monoisotopic (exact) mass is 315 g/mol. The Morgan fingerprint density at radius 1 is 1.29 bits per heavy atom. The van der Waals surface area contributed by atoms with E-state index in [1.807, 2.05) is 0 Å². The van der Waals surface area contributed by atoms with Crippen LogP contribution in [0.4, 0.5) is 0 Å². The van der Waals surface area contributed by atoms with E-state index < -0.39 is 0 Å². The molecule has 94 valence electrons. The third-order valence-corrected chi connectivity index (χ3v) is 4.73. The lowest BCUT2D eigenvalue weighted by Gasteiger charge is -2.26. The summed E-state index contributed by atoms with van der Waals surface area (Å²) in [4.78, 5) is 0. The van der Waals surface area contributed by atoms with Gasteiger partial charge in [-0.25, -0.2) is 0 Å². The molecule has 1 saturated carbocycles. The van der Waals surface area contributed by atoms with Crippen molar-refractivity contribution in [2.75, 3.05) is 12.4 Å². The molecule has 0 aromatic heterocycles. The molecule has 1 nitrogen and oxygen atoms in total. The molecule has 0 amide bonds. The first-order chi connectivity index (χ1) is 8.24. The van der Waals surface area contributed by atoms with Crippen LogP contribution in [-0.2, 0) is 6.54 Å². The molecule has 0 saturated heterocycles. The van der Waals surface area contributed by atoms with Gasteiger partial charge in [0.25, 0.3) is 0 Å². The Morgan fingerprint density at radius 2 is 2.06 bits per heavy atom. The van der Waals surface area contributed by atoms with Crippen LogP contribution in [0.1, 0.15) is 31.2 Å². The summed E-state index contributed by atoms with van der Waals surface area (Å²) in [5.74, 6) is 0.790. The zero-order valence-corrected chi connectivity index (χ0v) is 12.4. The highest BCUT2D eigenvalue weighted by Crippen LogP contribution is 2.38. The van der Waals surface area contributed by atoms with Crippen LogP contribution in [0, 0.1) is 5.41 Å². The molecule has 0 atom stereocenters. The minimum atomic E-state index is 0.355. The minimum Gasteiger partial charge on any atom is -0.312 e. The molecule has 0 bridgehead atoms. The first-order valence-electron chi connectivity index (χ1n) is 6.25. The van der Waals surface area contributed by atoms with Gasteiger partial charge in [-0.1, -0.05) is 40.9 Å². The predicted molar refractivity (Wildman–Crippen MR) is 77.5 cm³/mol. The van der Waals surface area contributed by atoms with E-state index in [-0.39, 0.29) is 0 Å². The fourth-order valence-electron chi connectivity index (χ4n) is 2.60. The van der Waals surface area contributed by atoms with Gasteiger partial charge in [-0.3, -0.25) is 0 Å². The summed E-state index contributed by atoms with van der Waals surface area (Å²) in [6.45, 7) is 1.97. The molecule has 0 heterocycles. The van der Waals surface area contributed by atoms with Crippen molar-refractivity contribution in [3.8, 4) is 0 Å². The number of hydrogen-bond donors (Lipinski definition) is 1. The molecule has 3 heteroatoms. The quantitative estimate of drug-likeness (QED) is 0.797. The maximum atomic E-state index is 6.12. The Morgan fingerprint density at radius 3 is 2.71 bits per heavy atom. The number of rotatable bonds is 5. The smallest absolute Gasteiger partial charge is 0.0292 e. The van der Waals surface area contributed by atoms with Gasteiger partial charge < -0.3 is 5.32 Å². The summed E-state index contributed by atoms with van der Waals surface area (Å²) in [6, 6.07) is 8.45. The van der Waals surface area contributed by atoms with Crippen molar-refractivity contribution in [3.63, 3.8) is 0 Å². The van der Waals surface area contributed by atoms with Crippen LogP contribution in [0.25, 0.3) is 0 Å². The molecule has 17 heavy (non-hydrogen) atoms. The van der Waals surface area contributed by atoms with E-state index in [9.17, 15) is 0 Å². The highest BCUT2D eigenvalue weighted by Gasteiger charge is 2.32. The molecular formula is C14H19BrClN. The summed E-state index contributed by atoms with van der Waals surface area (Å²) >= 11 is 9.62. The van der Waals surface area contributed by atoms with Gasteiger partial charge in [0.05, 0.1) is 0 Å². The van der Waals surface area contributed by atoms with Crippen LogP contribution in [0.2, 0.25) is 0 Å². The van der Waals surface area contributed by atoms with E-state index in [2.05, 4.69) is 45.5 Å². The number of benzene rings is 1. The second kappa shape index (κ2) is 6.21. The normalized spacial score (nSPS) is 18.5. The fourth-order valence-corrected chi connectivity index (χ4v) is 3.41. The first kappa shape index (κ1) is 13.4. The molecule has 0 spiro atoms. The highest BCUT2D eigenvalue weighted by atomic mass is 79.9. The maximum Gasteiger partial charge on any atom is 0.0292 e. The second-order valence-electron chi connectivity index (χ2n) is 5.07. The molecule has 2 rings (SSSR count). The van der Waals surface area contributed by atoms with Gasteiger partial charge in [-0.05, 0) is 36.0 Å². The molecule has 0 radical (unpaired) electrons. The lowest BCUT2D eigenvalue weighted by Crippen LogP contribution is -2.33. The fraction of sp³-hybridized carbons (Fsp3) is 0.571. The number of nitrogens with one attached hydrogen (secondary N) is 1. The largest absolute Gasteiger partial charge is 0.312 e. The third kappa shape index (κ3) is 3.70. The highest BCUT2D eigenvalue weighted by molar-refractivity contribution is 9.10. The van der Waals surface area contributed by atoms with Crippen molar-refractivity contribution >= 4 is 27.5 Å². The Bertz CT molecular complexity index is 361. The Balaban J connectivity index is 1.82. The van der Waals surface area contributed by atoms with Gasteiger partial charge in [0.15, 0.2) is 0 Å². The second-order valence-corrected chi connectivity index (χ2v) is 6.26. The van der Waals surface area contributed by atoms with E-state index in [1.54, 1.807) is 0 Å². The Labute approximate surface area is 117 Å². The predicted octanol–water partition coefficient (Wildman–Crippen LogP) is 4.34. The molecule has 1 aliphatic rings. The van der Waals surface area contributed by atoms with Gasteiger partial charge in [-0.2, -0.15) is 0 Å². The zero-order valence-electron chi connectivity index (χ0n) is 10.0. The summed E-state index contributed by atoms with van der Waals surface area (Å²) in [6.07, 6.45) is 5.24. The number of hydrogen-bond acceptors (Lipinski definition) is 1. The van der Waals surface area contributed by atoms with Crippen LogP contribution in [0.15, 0.2) is 28.7 Å². The van der Waals surface area contributed by atoms with Crippen LogP contribution >= 0.6 is 27.5 Å². The van der Waals surface area contributed by atoms with E-state index in [0.29, 0.717) is 5.41 Å². The summed E-state index contributed by atoms with van der Waals surface area (Å²) < 4.78 is 1.14. The van der Waals surface area contributed by atoms with Crippen LogP contribution in [0.5, 0.6) is 0 Å². The van der Waals surface area contributed by atoms with Crippen LogP contribution < -0.4 is 5.32 Å². The van der Waals surface area contributed by atoms with Crippen LogP contribution in [-0.4, -0.2) is 12.4 Å². The molecule has 0 unspecified atom stereocenters. The van der Waals surface area contributed by atoms with Crippen molar-refractivity contribution in [3.05, 3.63) is 34.3 Å². The van der Waals surface area contributed by atoms with Crippen molar-refractivity contribution in [2.24, 2.45) is 5.41 Å². The maximum absolute atomic E-state index is 6.12. The summed E-state index contributed by atoms with van der Waals surface area (Å²) in [5.41, 5.74) is 1.68. The molecular weight excluding hydrogens is 298 g/mol. The van der Waals surface area contributed by atoms with E-state index in [1.165, 1.54) is 31.2 Å². The average molecular weight is 317 g/mol. The molecule has 1 aromatic rings. The Hall–Kier alpha value is -0.0500. The van der Waals surface area contributed by atoms with Crippen molar-refractivity contribution in [2.45, 2.75) is 32.2 Å².